The van der Waals surface area contributed by atoms with E-state index in [0.717, 1.165) is 0 Å². The Morgan fingerprint density at radius 2 is 2.00 bits per heavy atom. The molecule has 6 heteroatoms. The van der Waals surface area contributed by atoms with Crippen LogP contribution in [-0.2, 0) is 4.74 Å². The van der Waals surface area contributed by atoms with E-state index in [1.54, 1.807) is 32.9 Å². The number of rotatable bonds is 2. The second kappa shape index (κ2) is 5.52. The number of carbonyl (C=O) groups is 2. The first-order valence-electron chi connectivity index (χ1n) is 6.34. The van der Waals surface area contributed by atoms with Gasteiger partial charge in [-0.3, -0.25) is 4.79 Å². The number of ether oxygens (including phenoxy) is 2. The molecule has 0 spiro atoms. The predicted octanol–water partition coefficient (Wildman–Crippen LogP) is 4.01. The highest BCUT2D eigenvalue weighted by Gasteiger charge is 2.23. The van der Waals surface area contributed by atoms with E-state index in [-0.39, 0.29) is 0 Å². The van der Waals surface area contributed by atoms with E-state index in [4.69, 9.17) is 9.47 Å². The average Bonchev–Trinajstić information content (AvgIpc) is 2.78. The first-order valence-corrected chi connectivity index (χ1v) is 7.14. The number of aromatic nitrogens is 1. The third-order valence-corrected chi connectivity index (χ3v) is 3.49. The maximum atomic E-state index is 12.3. The van der Waals surface area contributed by atoms with Gasteiger partial charge in [0.05, 0.1) is 7.11 Å². The molecule has 0 saturated carbocycles. The largest absolute Gasteiger partial charge is 0.495 e. The summed E-state index contributed by atoms with van der Waals surface area (Å²) in [4.78, 5) is 23.6. The minimum atomic E-state index is -0.631. The average molecular weight is 354 g/mol. The van der Waals surface area contributed by atoms with Crippen molar-refractivity contribution in [2.45, 2.75) is 26.4 Å². The fourth-order valence-electron chi connectivity index (χ4n) is 2.04. The normalized spacial score (nSPS) is 11.5. The molecule has 0 amide bonds. The van der Waals surface area contributed by atoms with E-state index in [9.17, 15) is 9.59 Å². The SMILES string of the molecule is COc1ccc(Br)c2c(C=O)cn(C(=O)OC(C)(C)C)c12. The lowest BCUT2D eigenvalue weighted by molar-refractivity contribution is 0.0544. The summed E-state index contributed by atoms with van der Waals surface area (Å²) in [5.41, 5.74) is 0.263. The Labute approximate surface area is 131 Å². The summed E-state index contributed by atoms with van der Waals surface area (Å²) in [7, 11) is 1.51. The third-order valence-electron chi connectivity index (χ3n) is 2.82. The van der Waals surface area contributed by atoms with E-state index in [1.807, 2.05) is 0 Å². The van der Waals surface area contributed by atoms with E-state index in [1.165, 1.54) is 17.9 Å². The molecule has 112 valence electrons. The van der Waals surface area contributed by atoms with Crippen molar-refractivity contribution in [3.05, 3.63) is 28.4 Å². The van der Waals surface area contributed by atoms with E-state index in [2.05, 4.69) is 15.9 Å². The van der Waals surface area contributed by atoms with Crippen LogP contribution in [0.4, 0.5) is 4.79 Å². The fourth-order valence-corrected chi connectivity index (χ4v) is 2.59. The van der Waals surface area contributed by atoms with Crippen LogP contribution in [0.15, 0.2) is 22.8 Å². The Kier molecular flexibility index (Phi) is 4.09. The van der Waals surface area contributed by atoms with Crippen LogP contribution in [0.5, 0.6) is 5.75 Å². The first-order chi connectivity index (χ1) is 9.78. The zero-order valence-corrected chi connectivity index (χ0v) is 13.9. The molecule has 0 aliphatic heterocycles. The fraction of sp³-hybridized carbons (Fsp3) is 0.333. The van der Waals surface area contributed by atoms with Gasteiger partial charge in [-0.25, -0.2) is 9.36 Å². The molecule has 0 aliphatic rings. The minimum absolute atomic E-state index is 0.390. The molecule has 2 aromatic rings. The minimum Gasteiger partial charge on any atom is -0.495 e. The molecule has 0 aliphatic carbocycles. The zero-order valence-electron chi connectivity index (χ0n) is 12.3. The molecule has 1 heterocycles. The molecular weight excluding hydrogens is 338 g/mol. The van der Waals surface area contributed by atoms with Crippen LogP contribution in [0.3, 0.4) is 0 Å². The molecular formula is C15H16BrNO4. The van der Waals surface area contributed by atoms with Crippen molar-refractivity contribution in [3.63, 3.8) is 0 Å². The Hall–Kier alpha value is -1.82. The monoisotopic (exact) mass is 353 g/mol. The third kappa shape index (κ3) is 2.95. The highest BCUT2D eigenvalue weighted by molar-refractivity contribution is 9.10. The second-order valence-electron chi connectivity index (χ2n) is 5.53. The van der Waals surface area contributed by atoms with E-state index >= 15 is 0 Å². The summed E-state index contributed by atoms with van der Waals surface area (Å²) in [5, 5.41) is 0.621. The lowest BCUT2D eigenvalue weighted by atomic mass is 10.2. The number of methoxy groups -OCH3 is 1. The molecule has 2 rings (SSSR count). The Morgan fingerprint density at radius 1 is 1.33 bits per heavy atom. The van der Waals surface area contributed by atoms with Crippen LogP contribution in [0, 0.1) is 0 Å². The number of carbonyl (C=O) groups excluding carboxylic acids is 2. The van der Waals surface area contributed by atoms with E-state index in [0.29, 0.717) is 33.0 Å². The quantitative estimate of drug-likeness (QED) is 0.765. The van der Waals surface area contributed by atoms with Gasteiger partial charge in [-0.05, 0) is 32.9 Å². The number of nitrogens with zero attached hydrogens (tertiary/aromatic N) is 1. The number of benzene rings is 1. The lowest BCUT2D eigenvalue weighted by Crippen LogP contribution is -2.26. The maximum absolute atomic E-state index is 12.3. The van der Waals surface area contributed by atoms with Crippen LogP contribution >= 0.6 is 15.9 Å². The summed E-state index contributed by atoms with van der Waals surface area (Å²) in [6, 6.07) is 3.50. The summed E-state index contributed by atoms with van der Waals surface area (Å²) < 4.78 is 12.7. The Balaban J connectivity index is 2.72. The highest BCUT2D eigenvalue weighted by atomic mass is 79.9. The number of hydrogen-bond donors (Lipinski definition) is 0. The molecule has 21 heavy (non-hydrogen) atoms. The molecule has 1 aromatic carbocycles. The van der Waals surface area contributed by atoms with Crippen molar-refractivity contribution in [2.24, 2.45) is 0 Å². The van der Waals surface area contributed by atoms with Crippen LogP contribution in [0.1, 0.15) is 31.1 Å². The topological polar surface area (TPSA) is 57.5 Å². The van der Waals surface area contributed by atoms with Gasteiger partial charge in [0.1, 0.15) is 16.9 Å². The van der Waals surface area contributed by atoms with Gasteiger partial charge in [-0.1, -0.05) is 15.9 Å². The number of hydrogen-bond acceptors (Lipinski definition) is 4. The van der Waals surface area contributed by atoms with Crippen LogP contribution in [-0.4, -0.2) is 29.7 Å². The lowest BCUT2D eigenvalue weighted by Gasteiger charge is -2.20. The molecule has 1 aromatic heterocycles. The smallest absolute Gasteiger partial charge is 0.419 e. The summed E-state index contributed by atoms with van der Waals surface area (Å²) in [6.07, 6.45) is 1.60. The van der Waals surface area contributed by atoms with Crippen molar-refractivity contribution in [1.29, 1.82) is 0 Å². The van der Waals surface area contributed by atoms with Crippen LogP contribution < -0.4 is 4.74 Å². The standard InChI is InChI=1S/C15H16BrNO4/c1-15(2,3)21-14(19)17-7-9(8-18)12-10(16)5-6-11(20-4)13(12)17/h5-8H,1-4H3. The van der Waals surface area contributed by atoms with Crippen molar-refractivity contribution < 1.29 is 19.1 Å². The van der Waals surface area contributed by atoms with Crippen LogP contribution in [0.2, 0.25) is 0 Å². The van der Waals surface area contributed by atoms with Crippen LogP contribution in [0.25, 0.3) is 10.9 Å². The van der Waals surface area contributed by atoms with Crippen molar-refractivity contribution in [2.75, 3.05) is 7.11 Å². The number of fused-ring (bicyclic) bond motifs is 1. The molecule has 0 N–H and O–H groups in total. The van der Waals surface area contributed by atoms with Crippen molar-refractivity contribution >= 4 is 39.2 Å². The van der Waals surface area contributed by atoms with Gasteiger partial charge >= 0.3 is 6.09 Å². The number of aldehydes is 1. The zero-order chi connectivity index (χ0) is 15.8. The molecule has 0 radical (unpaired) electrons. The highest BCUT2D eigenvalue weighted by Crippen LogP contribution is 2.35. The van der Waals surface area contributed by atoms with Gasteiger partial charge in [-0.2, -0.15) is 0 Å². The van der Waals surface area contributed by atoms with Crippen molar-refractivity contribution in [1.82, 2.24) is 4.57 Å². The number of halogens is 1. The van der Waals surface area contributed by atoms with Gasteiger partial charge in [-0.15, -0.1) is 0 Å². The van der Waals surface area contributed by atoms with Gasteiger partial charge in [0, 0.05) is 21.6 Å². The molecule has 0 fully saturated rings. The Morgan fingerprint density at radius 3 is 2.52 bits per heavy atom. The van der Waals surface area contributed by atoms with Gasteiger partial charge < -0.3 is 9.47 Å². The summed E-state index contributed by atoms with van der Waals surface area (Å²) in [6.45, 7) is 5.35. The summed E-state index contributed by atoms with van der Waals surface area (Å²) in [5.74, 6) is 0.493. The molecule has 0 unspecified atom stereocenters. The second-order valence-corrected chi connectivity index (χ2v) is 6.38. The Bertz CT molecular complexity index is 713. The molecule has 5 nitrogen and oxygen atoms in total. The summed E-state index contributed by atoms with van der Waals surface area (Å²) >= 11 is 3.40. The van der Waals surface area contributed by atoms with Gasteiger partial charge in [0.2, 0.25) is 0 Å². The first kappa shape index (κ1) is 15.6. The molecule has 0 atom stereocenters. The maximum Gasteiger partial charge on any atom is 0.419 e. The molecule has 0 saturated heterocycles. The van der Waals surface area contributed by atoms with Gasteiger partial charge in [0.25, 0.3) is 0 Å². The predicted molar refractivity (Wildman–Crippen MR) is 83.2 cm³/mol. The van der Waals surface area contributed by atoms with E-state index < -0.39 is 11.7 Å². The molecule has 0 bridgehead atoms. The van der Waals surface area contributed by atoms with Crippen molar-refractivity contribution in [3.8, 4) is 5.75 Å². The van der Waals surface area contributed by atoms with Gasteiger partial charge in [0.15, 0.2) is 6.29 Å².